The smallest absolute Gasteiger partial charge is 0.308 e. The van der Waals surface area contributed by atoms with Crippen LogP contribution in [0, 0.1) is 0 Å². The fourth-order valence-corrected chi connectivity index (χ4v) is 1.85. The average Bonchev–Trinajstić information content (AvgIpc) is 2.39. The first-order valence-corrected chi connectivity index (χ1v) is 5.67. The Morgan fingerprint density at radius 1 is 1.72 bits per heavy atom. The lowest BCUT2D eigenvalue weighted by Crippen LogP contribution is -2.44. The Bertz CT molecular complexity index is 473. The van der Waals surface area contributed by atoms with Gasteiger partial charge in [-0.25, -0.2) is 4.98 Å². The van der Waals surface area contributed by atoms with Crippen LogP contribution >= 0.6 is 0 Å². The van der Waals surface area contributed by atoms with Gasteiger partial charge in [0.25, 0.3) is 5.56 Å². The molecule has 18 heavy (non-hydrogen) atoms. The summed E-state index contributed by atoms with van der Waals surface area (Å²) in [6, 6.07) is 1.43. The van der Waals surface area contributed by atoms with Gasteiger partial charge in [-0.1, -0.05) is 0 Å². The van der Waals surface area contributed by atoms with E-state index < -0.39 is 0 Å². The Labute approximate surface area is 104 Å². The van der Waals surface area contributed by atoms with E-state index in [4.69, 9.17) is 4.74 Å². The number of nitrogens with one attached hydrogen (secondary N) is 1. The second-order valence-electron chi connectivity index (χ2n) is 3.99. The van der Waals surface area contributed by atoms with Gasteiger partial charge >= 0.3 is 5.97 Å². The quantitative estimate of drug-likeness (QED) is 0.734. The number of anilines is 1. The monoisotopic (exact) mass is 253 g/mol. The van der Waals surface area contributed by atoms with Crippen molar-refractivity contribution in [3.05, 3.63) is 22.7 Å². The molecule has 0 aliphatic carbocycles. The SMILES string of the molecule is COC(=O)CC1CN(c2cc(=O)[nH]cn2)CCO1. The molecule has 1 N–H and O–H groups in total. The highest BCUT2D eigenvalue weighted by molar-refractivity contribution is 5.69. The van der Waals surface area contributed by atoms with Crippen LogP contribution in [0.5, 0.6) is 0 Å². The molecule has 1 aromatic rings. The largest absolute Gasteiger partial charge is 0.469 e. The van der Waals surface area contributed by atoms with Gasteiger partial charge in [0.05, 0.1) is 32.6 Å². The first-order valence-electron chi connectivity index (χ1n) is 5.67. The number of morpholine rings is 1. The third kappa shape index (κ3) is 3.07. The standard InChI is InChI=1S/C11H15N3O4/c1-17-11(16)4-8-6-14(2-3-18-8)9-5-10(15)13-7-12-9/h5,7-8H,2-4,6H2,1H3,(H,12,13,15). The fourth-order valence-electron chi connectivity index (χ4n) is 1.85. The summed E-state index contributed by atoms with van der Waals surface area (Å²) in [6.07, 6.45) is 1.34. The summed E-state index contributed by atoms with van der Waals surface area (Å²) in [5, 5.41) is 0. The molecule has 2 heterocycles. The lowest BCUT2D eigenvalue weighted by atomic mass is 10.2. The van der Waals surface area contributed by atoms with E-state index in [1.54, 1.807) is 0 Å². The molecule has 0 saturated carbocycles. The molecule has 1 fully saturated rings. The number of aromatic nitrogens is 2. The highest BCUT2D eigenvalue weighted by Crippen LogP contribution is 2.14. The van der Waals surface area contributed by atoms with Gasteiger partial charge in [-0.15, -0.1) is 0 Å². The highest BCUT2D eigenvalue weighted by atomic mass is 16.5. The molecule has 0 aromatic carbocycles. The second kappa shape index (κ2) is 5.63. The maximum absolute atomic E-state index is 11.2. The first-order chi connectivity index (χ1) is 8.69. The minimum Gasteiger partial charge on any atom is -0.469 e. The Hall–Kier alpha value is -1.89. The van der Waals surface area contributed by atoms with Crippen LogP contribution in [0.25, 0.3) is 0 Å². The van der Waals surface area contributed by atoms with E-state index >= 15 is 0 Å². The number of hydrogen-bond donors (Lipinski definition) is 1. The molecule has 1 saturated heterocycles. The number of carbonyl (C=O) groups excluding carboxylic acids is 1. The topological polar surface area (TPSA) is 84.5 Å². The zero-order chi connectivity index (χ0) is 13.0. The van der Waals surface area contributed by atoms with Crippen LogP contribution in [-0.2, 0) is 14.3 Å². The van der Waals surface area contributed by atoms with E-state index in [1.807, 2.05) is 4.90 Å². The molecule has 98 valence electrons. The van der Waals surface area contributed by atoms with E-state index in [0.717, 1.165) is 0 Å². The van der Waals surface area contributed by atoms with Crippen molar-refractivity contribution in [3.8, 4) is 0 Å². The van der Waals surface area contributed by atoms with Crippen LogP contribution in [0.4, 0.5) is 5.82 Å². The van der Waals surface area contributed by atoms with E-state index in [-0.39, 0.29) is 24.1 Å². The van der Waals surface area contributed by atoms with Crippen molar-refractivity contribution in [3.63, 3.8) is 0 Å². The number of methoxy groups -OCH3 is 1. The Morgan fingerprint density at radius 3 is 3.28 bits per heavy atom. The number of hydrogen-bond acceptors (Lipinski definition) is 6. The number of H-pyrrole nitrogens is 1. The van der Waals surface area contributed by atoms with E-state index in [0.29, 0.717) is 25.5 Å². The Morgan fingerprint density at radius 2 is 2.56 bits per heavy atom. The number of aromatic amines is 1. The lowest BCUT2D eigenvalue weighted by Gasteiger charge is -2.33. The van der Waals surface area contributed by atoms with Crippen LogP contribution in [0.3, 0.4) is 0 Å². The van der Waals surface area contributed by atoms with E-state index in [1.165, 1.54) is 19.5 Å². The predicted molar refractivity (Wildman–Crippen MR) is 63.4 cm³/mol. The summed E-state index contributed by atoms with van der Waals surface area (Å²) >= 11 is 0. The minimum absolute atomic E-state index is 0.198. The van der Waals surface area contributed by atoms with Crippen molar-refractivity contribution in [1.82, 2.24) is 9.97 Å². The number of ether oxygens (including phenoxy) is 2. The number of carbonyl (C=O) groups is 1. The maximum Gasteiger partial charge on any atom is 0.308 e. The van der Waals surface area contributed by atoms with Gasteiger partial charge in [0.2, 0.25) is 0 Å². The fraction of sp³-hybridized carbons (Fsp3) is 0.545. The molecule has 0 amide bonds. The van der Waals surface area contributed by atoms with Gasteiger partial charge in [0, 0.05) is 19.2 Å². The van der Waals surface area contributed by atoms with Crippen molar-refractivity contribution in [2.45, 2.75) is 12.5 Å². The van der Waals surface area contributed by atoms with Crippen LogP contribution in [0.2, 0.25) is 0 Å². The van der Waals surface area contributed by atoms with Gasteiger partial charge in [0.1, 0.15) is 5.82 Å². The third-order valence-corrected chi connectivity index (χ3v) is 2.75. The zero-order valence-electron chi connectivity index (χ0n) is 10.1. The molecule has 1 aromatic heterocycles. The van der Waals surface area contributed by atoms with Gasteiger partial charge in [-0.2, -0.15) is 0 Å². The van der Waals surface area contributed by atoms with Crippen LogP contribution < -0.4 is 10.5 Å². The molecule has 7 heteroatoms. The summed E-state index contributed by atoms with van der Waals surface area (Å²) in [5.41, 5.74) is -0.198. The number of nitrogens with zero attached hydrogens (tertiary/aromatic N) is 2. The number of esters is 1. The van der Waals surface area contributed by atoms with Crippen LogP contribution in [0.15, 0.2) is 17.2 Å². The van der Waals surface area contributed by atoms with Crippen molar-refractivity contribution < 1.29 is 14.3 Å². The van der Waals surface area contributed by atoms with Crippen LogP contribution in [0.1, 0.15) is 6.42 Å². The normalized spacial score (nSPS) is 19.6. The molecule has 1 aliphatic rings. The minimum atomic E-state index is -0.305. The lowest BCUT2D eigenvalue weighted by molar-refractivity contribution is -0.144. The molecule has 0 radical (unpaired) electrons. The highest BCUT2D eigenvalue weighted by Gasteiger charge is 2.24. The third-order valence-electron chi connectivity index (χ3n) is 2.75. The van der Waals surface area contributed by atoms with Crippen molar-refractivity contribution in [2.24, 2.45) is 0 Å². The maximum atomic E-state index is 11.2. The van der Waals surface area contributed by atoms with Crippen molar-refractivity contribution >= 4 is 11.8 Å². The molecular formula is C11H15N3O4. The van der Waals surface area contributed by atoms with Gasteiger partial charge in [0.15, 0.2) is 0 Å². The summed E-state index contributed by atoms with van der Waals surface area (Å²) in [7, 11) is 1.35. The molecule has 1 aliphatic heterocycles. The Kier molecular flexibility index (Phi) is 3.93. The average molecular weight is 253 g/mol. The number of rotatable bonds is 3. The molecule has 2 rings (SSSR count). The second-order valence-corrected chi connectivity index (χ2v) is 3.99. The predicted octanol–water partition coefficient (Wildman–Crippen LogP) is -0.462. The summed E-state index contributed by atoms with van der Waals surface area (Å²) in [5.74, 6) is 0.289. The molecular weight excluding hydrogens is 238 g/mol. The van der Waals surface area contributed by atoms with Gasteiger partial charge in [-0.3, -0.25) is 9.59 Å². The van der Waals surface area contributed by atoms with Crippen molar-refractivity contribution in [1.29, 1.82) is 0 Å². The van der Waals surface area contributed by atoms with Gasteiger partial charge in [-0.05, 0) is 0 Å². The first kappa shape index (κ1) is 12.6. The van der Waals surface area contributed by atoms with E-state index in [9.17, 15) is 9.59 Å². The summed E-state index contributed by atoms with van der Waals surface area (Å²) in [6.45, 7) is 1.66. The molecule has 1 unspecified atom stereocenters. The van der Waals surface area contributed by atoms with E-state index in [2.05, 4.69) is 14.7 Å². The molecule has 0 spiro atoms. The molecule has 0 bridgehead atoms. The summed E-state index contributed by atoms with van der Waals surface area (Å²) < 4.78 is 10.1. The van der Waals surface area contributed by atoms with Gasteiger partial charge < -0.3 is 19.4 Å². The van der Waals surface area contributed by atoms with Crippen molar-refractivity contribution in [2.75, 3.05) is 31.7 Å². The summed E-state index contributed by atoms with van der Waals surface area (Å²) in [4.78, 5) is 30.9. The Balaban J connectivity index is 2.02. The van der Waals surface area contributed by atoms with Crippen LogP contribution in [-0.4, -0.2) is 48.8 Å². The zero-order valence-corrected chi connectivity index (χ0v) is 10.1. The molecule has 1 atom stereocenters. The molecule has 7 nitrogen and oxygen atoms in total.